The predicted octanol–water partition coefficient (Wildman–Crippen LogP) is 19.3. The van der Waals surface area contributed by atoms with Gasteiger partial charge >= 0.3 is 190 Å². The number of halogens is 52. The lowest BCUT2D eigenvalue weighted by Crippen LogP contribution is -2.82. The van der Waals surface area contributed by atoms with Crippen LogP contribution in [0.1, 0.15) is 54.4 Å². The number of carbonyl (C=O) groups excluding carboxylic acids is 2. The summed E-state index contributed by atoms with van der Waals surface area (Å²) in [5, 5.41) is 2.70. The van der Waals surface area contributed by atoms with Crippen molar-refractivity contribution in [1.82, 2.24) is 10.6 Å². The van der Waals surface area contributed by atoms with Crippen LogP contribution >= 0.6 is 0 Å². The maximum absolute atomic E-state index is 15.4. The number of alkyl halides is 52. The highest BCUT2D eigenvalue weighted by Gasteiger charge is 3.02. The van der Waals surface area contributed by atoms with Crippen LogP contribution in [0.2, 0.25) is 12.1 Å². The highest BCUT2D eigenvalue weighted by atomic mass is 28.4. The van der Waals surface area contributed by atoms with E-state index in [-0.39, 0.29) is 51.7 Å². The summed E-state index contributed by atoms with van der Waals surface area (Å²) in [4.78, 5) is 23.7. The molecule has 0 aromatic rings. The summed E-state index contributed by atoms with van der Waals surface area (Å²) >= 11 is 0. The minimum Gasteiger partial charge on any atom is -0.443 e. The molecule has 0 unspecified atom stereocenters. The number of hydrogen-bond donors (Lipinski definition) is 2. The van der Waals surface area contributed by atoms with Crippen LogP contribution in [0.4, 0.5) is 238 Å². The number of nitrogens with one attached hydrogen (secondary N) is 2. The standard InChI is InChI=1S/C53H54F52N2O16Si2/c1-7-114-124(115-8-2,116-9-3)17-13-15-106-25(108)110-19-27(54,55)34(66,67)38(74,75)42(82,83)46(90,91)48(94,95)44(86,87)40(78,79)36(70,71)29(58,59)21-112-31(62,63)23-120-50(98,99)33(51(100,101)121-23)52(102,103)122-24(123-53(33,104)105)32(64,65)113-22-30(60,61)37(72,73)41(80,81)45(88,89)49(96,97)47(92,93)43(84,85)39(76,77)35(68,69)28(56,57)20-111-26(109)107-16-14-18-125(117-10-4,118-11-5)119-12-6/h23-24H,7-22H2,1-6H3,(H,106,108)(H,107,109). The SMILES string of the molecule is CCO[Si](CCCNC(=O)OCC(F)(F)C(F)(F)C(F)(F)C(F)(F)C(F)(F)C(F)(F)C(F)(F)C(F)(F)C(F)(F)C(F)(F)COC(F)(F)C1OC(F)(F)C2(C(F)(F)O1)C(F)(F)OC(C(F)(F)OCC(F)(F)C(F)(F)C(F)(F)C(F)(F)C(F)(F)C(F)(F)C(F)(F)C(F)(F)C(F)(F)C(F)(F)COC(=O)NCCC[Si](OCC)(OCC)OCC)OC2(F)F)(OCC)OCC. The topological polar surface area (TPSA) is 187 Å². The van der Waals surface area contributed by atoms with Crippen LogP contribution in [0.15, 0.2) is 0 Å². The Morgan fingerprint density at radius 3 is 0.600 bits per heavy atom. The number of amides is 2. The molecule has 0 aromatic carbocycles. The van der Waals surface area contributed by atoms with Gasteiger partial charge in [-0.2, -0.15) is 228 Å². The Morgan fingerprint density at radius 1 is 0.272 bits per heavy atom. The van der Waals surface area contributed by atoms with Gasteiger partial charge < -0.3 is 56.1 Å². The molecule has 18 nitrogen and oxygen atoms in total. The molecular formula is C53H54F52N2O16Si2. The summed E-state index contributed by atoms with van der Waals surface area (Å²) < 4.78 is 818. The first kappa shape index (κ1) is 116. The summed E-state index contributed by atoms with van der Waals surface area (Å²) in [5.74, 6) is -186. The van der Waals surface area contributed by atoms with E-state index in [4.69, 9.17) is 26.6 Å². The highest BCUT2D eigenvalue weighted by Crippen LogP contribution is 2.74. The first-order valence-electron chi connectivity index (χ1n) is 32.6. The van der Waals surface area contributed by atoms with E-state index in [0.29, 0.717) is 0 Å². The third-order valence-corrected chi connectivity index (χ3v) is 22.7. The van der Waals surface area contributed by atoms with E-state index in [0.717, 1.165) is 0 Å². The average Bonchev–Trinajstić information content (AvgIpc) is 0.665. The van der Waals surface area contributed by atoms with Gasteiger partial charge in [0.1, 0.15) is 13.2 Å². The number of alkyl carbamates (subject to hydrolysis) is 2. The predicted molar refractivity (Wildman–Crippen MR) is 294 cm³/mol. The average molecular weight is 2020 g/mol. The normalized spacial score (nSPS) is 20.6. The monoisotopic (exact) mass is 2020 g/mol. The number of rotatable bonds is 50. The maximum atomic E-state index is 15.4. The Bertz CT molecular complexity index is 3280. The fourth-order valence-electron chi connectivity index (χ4n) is 9.80. The van der Waals surface area contributed by atoms with E-state index in [1.165, 1.54) is 52.2 Å². The van der Waals surface area contributed by atoms with Crippen LogP contribution in [0.5, 0.6) is 0 Å². The lowest BCUT2D eigenvalue weighted by atomic mass is 9.79. The molecule has 72 heteroatoms. The lowest BCUT2D eigenvalue weighted by Gasteiger charge is -2.56. The van der Waals surface area contributed by atoms with Gasteiger partial charge in [0.15, 0.2) is 13.2 Å². The number of ether oxygens (including phenoxy) is 8. The summed E-state index contributed by atoms with van der Waals surface area (Å²) in [6, 6.07) is -0.721. The Balaban J connectivity index is 2.50. The largest absolute Gasteiger partial charge is 0.500 e. The third kappa shape index (κ3) is 19.2. The van der Waals surface area contributed by atoms with Crippen LogP contribution in [-0.4, -0.2) is 277 Å². The summed E-state index contributed by atoms with van der Waals surface area (Å²) in [6.45, 7) is -12.9. The molecule has 0 atom stereocenters. The molecule has 0 bridgehead atoms. The third-order valence-electron chi connectivity index (χ3n) is 16.4. The molecule has 0 saturated carbocycles. The first-order chi connectivity index (χ1) is 55.1. The van der Waals surface area contributed by atoms with Gasteiger partial charge in [-0.1, -0.05) is 0 Å². The molecule has 2 saturated heterocycles. The number of hydrogen-bond acceptors (Lipinski definition) is 16. The van der Waals surface area contributed by atoms with Crippen molar-refractivity contribution in [2.75, 3.05) is 79.2 Å². The van der Waals surface area contributed by atoms with Gasteiger partial charge in [0, 0.05) is 64.8 Å². The van der Waals surface area contributed by atoms with Crippen molar-refractivity contribution >= 4 is 29.8 Å². The molecule has 2 N–H and O–H groups in total. The minimum atomic E-state index is -10.00. The molecule has 0 aromatic heterocycles. The molecule has 0 radical (unpaired) electrons. The maximum Gasteiger partial charge on any atom is 0.500 e. The molecule has 2 heterocycles. The Labute approximate surface area is 661 Å². The second kappa shape index (κ2) is 36.4. The Kier molecular flexibility index (Phi) is 33.8. The van der Waals surface area contributed by atoms with Gasteiger partial charge in [-0.3, -0.25) is 18.9 Å². The molecular weight excluding hydrogens is 1960 g/mol. The van der Waals surface area contributed by atoms with Gasteiger partial charge in [0.25, 0.3) is 12.6 Å². The van der Waals surface area contributed by atoms with E-state index in [1.54, 1.807) is 0 Å². The van der Waals surface area contributed by atoms with Gasteiger partial charge in [-0.25, -0.2) is 9.59 Å². The second-order valence-corrected chi connectivity index (χ2v) is 30.3. The molecule has 2 rings (SSSR count). The zero-order valence-electron chi connectivity index (χ0n) is 61.2. The summed E-state index contributed by atoms with van der Waals surface area (Å²) in [5.41, 5.74) is -8.44. The lowest BCUT2D eigenvalue weighted by molar-refractivity contribution is -0.663. The van der Waals surface area contributed by atoms with Crippen molar-refractivity contribution in [3.05, 3.63) is 0 Å². The minimum absolute atomic E-state index is 0.148. The van der Waals surface area contributed by atoms with E-state index >= 15 is 35.1 Å². The molecule has 2 fully saturated rings. The first-order valence-corrected chi connectivity index (χ1v) is 36.4. The molecule has 744 valence electrons. The van der Waals surface area contributed by atoms with Crippen LogP contribution in [0, 0.1) is 5.41 Å². The van der Waals surface area contributed by atoms with Gasteiger partial charge in [0.05, 0.1) is 0 Å². The summed E-state index contributed by atoms with van der Waals surface area (Å²) in [6.07, 6.45) is -67.9. The van der Waals surface area contributed by atoms with E-state index in [9.17, 15) is 203 Å². The van der Waals surface area contributed by atoms with Gasteiger partial charge in [-0.05, 0) is 54.4 Å². The summed E-state index contributed by atoms with van der Waals surface area (Å²) in [7, 11) is -7.36. The van der Waals surface area contributed by atoms with Crippen molar-refractivity contribution in [1.29, 1.82) is 0 Å². The zero-order valence-corrected chi connectivity index (χ0v) is 63.2. The number of carbonyl (C=O) groups is 2. The van der Waals surface area contributed by atoms with Crippen molar-refractivity contribution in [2.24, 2.45) is 5.41 Å². The molecule has 0 aliphatic carbocycles. The van der Waals surface area contributed by atoms with Crippen LogP contribution in [0.25, 0.3) is 0 Å². The quantitative estimate of drug-likeness (QED) is 0.0332. The highest BCUT2D eigenvalue weighted by molar-refractivity contribution is 6.61. The molecule has 2 aliphatic heterocycles. The molecule has 125 heavy (non-hydrogen) atoms. The Hall–Kier alpha value is -5.15. The molecule has 2 amide bonds. The molecule has 1 spiro atoms. The van der Waals surface area contributed by atoms with Crippen molar-refractivity contribution < 1.29 is 302 Å². The van der Waals surface area contributed by atoms with E-state index < -0.39 is 255 Å². The fraction of sp³-hybridized carbons (Fsp3) is 0.962. The fourth-order valence-corrected chi connectivity index (χ4v) is 15.0. The second-order valence-electron chi connectivity index (χ2n) is 24.8. The van der Waals surface area contributed by atoms with Gasteiger partial charge in [0.2, 0.25) is 0 Å². The zero-order chi connectivity index (χ0) is 99.4. The van der Waals surface area contributed by atoms with Crippen molar-refractivity contribution in [2.45, 2.75) is 234 Å². The van der Waals surface area contributed by atoms with Crippen molar-refractivity contribution in [3.8, 4) is 0 Å². The van der Waals surface area contributed by atoms with E-state index in [2.05, 4.69) is 28.4 Å². The van der Waals surface area contributed by atoms with Crippen LogP contribution < -0.4 is 10.6 Å². The van der Waals surface area contributed by atoms with Crippen molar-refractivity contribution in [3.63, 3.8) is 0 Å². The smallest absolute Gasteiger partial charge is 0.443 e. The van der Waals surface area contributed by atoms with Gasteiger partial charge in [-0.15, -0.1) is 0 Å². The van der Waals surface area contributed by atoms with Crippen LogP contribution in [-0.2, 0) is 64.5 Å². The molecule has 2 aliphatic rings. The van der Waals surface area contributed by atoms with Crippen LogP contribution in [0.3, 0.4) is 0 Å². The van der Waals surface area contributed by atoms with E-state index in [1.807, 2.05) is 9.47 Å². The Morgan fingerprint density at radius 2 is 0.432 bits per heavy atom.